The molecular formula is C22H15ClN2O5S2. The van der Waals surface area contributed by atoms with Crippen molar-refractivity contribution in [2.45, 2.75) is 6.92 Å². The van der Waals surface area contributed by atoms with Crippen LogP contribution in [0.15, 0.2) is 63.9 Å². The van der Waals surface area contributed by atoms with E-state index in [4.69, 9.17) is 33.0 Å². The Hall–Kier alpha value is -3.14. The fraction of sp³-hybridized carbons (Fsp3) is 0.0909. The number of hydrogen-bond acceptors (Lipinski definition) is 7. The number of thiocarbonyl (C=S) groups is 1. The second-order valence-corrected chi connectivity index (χ2v) is 8.65. The summed E-state index contributed by atoms with van der Waals surface area (Å²) < 4.78 is 11.6. The summed E-state index contributed by atoms with van der Waals surface area (Å²) in [5.41, 5.74) is 0.934. The van der Waals surface area contributed by atoms with Crippen LogP contribution in [0.4, 0.5) is 11.4 Å². The standard InChI is InChI=1S/C22H15ClN2O5S2/c1-2-29-15-6-3-13(4-7-15)24-21(26)20(32-22(24)31)12-16-8-10-19(30-16)17-11-14(25(27)28)5-9-18(17)23/h3-12H,2H2,1H3/b20-12+. The minimum Gasteiger partial charge on any atom is -0.494 e. The predicted molar refractivity (Wildman–Crippen MR) is 129 cm³/mol. The highest BCUT2D eigenvalue weighted by atomic mass is 35.5. The number of nitrogens with zero attached hydrogens (tertiary/aromatic N) is 2. The SMILES string of the molecule is CCOc1ccc(N2C(=O)/C(=C\c3ccc(-c4cc([N+](=O)[O-])ccc4Cl)o3)SC2=S)cc1. The third-order valence-corrected chi connectivity index (χ3v) is 6.16. The Labute approximate surface area is 197 Å². The minimum absolute atomic E-state index is 0.0985. The van der Waals surface area contributed by atoms with Crippen molar-refractivity contribution in [2.75, 3.05) is 11.5 Å². The highest BCUT2D eigenvalue weighted by molar-refractivity contribution is 8.27. The number of carbonyl (C=O) groups excluding carboxylic acids is 1. The maximum Gasteiger partial charge on any atom is 0.270 e. The molecule has 162 valence electrons. The van der Waals surface area contributed by atoms with E-state index in [-0.39, 0.29) is 11.6 Å². The zero-order chi connectivity index (χ0) is 22.8. The normalized spacial score (nSPS) is 14.9. The first-order valence-electron chi connectivity index (χ1n) is 9.42. The molecule has 0 radical (unpaired) electrons. The summed E-state index contributed by atoms with van der Waals surface area (Å²) >= 11 is 12.7. The van der Waals surface area contributed by atoms with Gasteiger partial charge in [0.05, 0.1) is 27.1 Å². The molecular weight excluding hydrogens is 472 g/mol. The first-order chi connectivity index (χ1) is 15.4. The van der Waals surface area contributed by atoms with Gasteiger partial charge in [0.1, 0.15) is 17.3 Å². The van der Waals surface area contributed by atoms with Gasteiger partial charge in [-0.15, -0.1) is 0 Å². The molecule has 1 saturated heterocycles. The fourth-order valence-corrected chi connectivity index (χ4v) is 4.56. The Balaban J connectivity index is 1.59. The molecule has 4 rings (SSSR count). The van der Waals surface area contributed by atoms with Crippen LogP contribution in [0.1, 0.15) is 12.7 Å². The van der Waals surface area contributed by atoms with Crippen LogP contribution in [-0.4, -0.2) is 21.8 Å². The molecule has 32 heavy (non-hydrogen) atoms. The summed E-state index contributed by atoms with van der Waals surface area (Å²) in [6.07, 6.45) is 1.59. The van der Waals surface area contributed by atoms with Crippen LogP contribution < -0.4 is 9.64 Å². The van der Waals surface area contributed by atoms with Gasteiger partial charge in [-0.05, 0) is 49.4 Å². The van der Waals surface area contributed by atoms with Crippen molar-refractivity contribution >= 4 is 63.3 Å². The van der Waals surface area contributed by atoms with Crippen LogP contribution in [-0.2, 0) is 4.79 Å². The molecule has 0 bridgehead atoms. The Morgan fingerprint density at radius 2 is 1.97 bits per heavy atom. The number of nitro benzene ring substituents is 1. The molecule has 0 saturated carbocycles. The van der Waals surface area contributed by atoms with Crippen LogP contribution in [0, 0.1) is 10.1 Å². The molecule has 1 aliphatic rings. The van der Waals surface area contributed by atoms with Gasteiger partial charge in [-0.3, -0.25) is 19.8 Å². The van der Waals surface area contributed by atoms with Crippen LogP contribution in [0.2, 0.25) is 5.02 Å². The summed E-state index contributed by atoms with van der Waals surface area (Å²) in [5.74, 6) is 1.19. The molecule has 2 aromatic carbocycles. The number of rotatable bonds is 6. The number of carbonyl (C=O) groups is 1. The van der Waals surface area contributed by atoms with Crippen molar-refractivity contribution in [2.24, 2.45) is 0 Å². The molecule has 0 spiro atoms. The van der Waals surface area contributed by atoms with Crippen LogP contribution >= 0.6 is 35.6 Å². The van der Waals surface area contributed by atoms with Gasteiger partial charge in [-0.1, -0.05) is 35.6 Å². The summed E-state index contributed by atoms with van der Waals surface area (Å²) in [6.45, 7) is 2.45. The van der Waals surface area contributed by atoms with E-state index in [2.05, 4.69) is 0 Å². The third kappa shape index (κ3) is 4.40. The number of benzene rings is 2. The lowest BCUT2D eigenvalue weighted by molar-refractivity contribution is -0.384. The topological polar surface area (TPSA) is 85.8 Å². The number of furan rings is 1. The molecule has 0 N–H and O–H groups in total. The number of non-ortho nitro benzene ring substituents is 1. The van der Waals surface area contributed by atoms with Crippen LogP contribution in [0.3, 0.4) is 0 Å². The highest BCUT2D eigenvalue weighted by Gasteiger charge is 2.33. The Morgan fingerprint density at radius 3 is 2.66 bits per heavy atom. The van der Waals surface area contributed by atoms with Crippen molar-refractivity contribution in [3.05, 3.63) is 80.4 Å². The molecule has 7 nitrogen and oxygen atoms in total. The van der Waals surface area contributed by atoms with Crippen molar-refractivity contribution in [1.29, 1.82) is 0 Å². The van der Waals surface area contributed by atoms with E-state index in [1.165, 1.54) is 23.1 Å². The fourth-order valence-electron chi connectivity index (χ4n) is 3.07. The average Bonchev–Trinajstić information content (AvgIpc) is 3.33. The largest absolute Gasteiger partial charge is 0.494 e. The number of ether oxygens (including phenoxy) is 1. The van der Waals surface area contributed by atoms with Crippen LogP contribution in [0.5, 0.6) is 5.75 Å². The third-order valence-electron chi connectivity index (χ3n) is 4.53. The average molecular weight is 487 g/mol. The second-order valence-electron chi connectivity index (χ2n) is 6.57. The van der Waals surface area contributed by atoms with Gasteiger partial charge in [0.15, 0.2) is 4.32 Å². The van der Waals surface area contributed by atoms with Crippen molar-refractivity contribution in [3.8, 4) is 17.1 Å². The van der Waals surface area contributed by atoms with Crippen molar-refractivity contribution in [1.82, 2.24) is 0 Å². The minimum atomic E-state index is -0.504. The van der Waals surface area contributed by atoms with Gasteiger partial charge in [0.2, 0.25) is 0 Å². The molecule has 0 aliphatic carbocycles. The Bertz CT molecular complexity index is 1250. The summed E-state index contributed by atoms with van der Waals surface area (Å²) in [6, 6.07) is 14.5. The molecule has 10 heteroatoms. The quantitative estimate of drug-likeness (QED) is 0.174. The van der Waals surface area contributed by atoms with Gasteiger partial charge >= 0.3 is 0 Å². The summed E-state index contributed by atoms with van der Waals surface area (Å²) in [7, 11) is 0. The number of halogens is 1. The molecule has 1 fully saturated rings. The predicted octanol–water partition coefficient (Wildman–Crippen LogP) is 6.31. The van der Waals surface area contributed by atoms with Gasteiger partial charge in [-0.25, -0.2) is 0 Å². The molecule has 1 aromatic heterocycles. The van der Waals surface area contributed by atoms with Gasteiger partial charge in [-0.2, -0.15) is 0 Å². The first kappa shape index (κ1) is 22.1. The first-order valence-corrected chi connectivity index (χ1v) is 11.0. The van der Waals surface area contributed by atoms with Gasteiger partial charge in [0, 0.05) is 23.8 Å². The van der Waals surface area contributed by atoms with Crippen molar-refractivity contribution in [3.63, 3.8) is 0 Å². The van der Waals surface area contributed by atoms with E-state index in [0.717, 1.165) is 11.8 Å². The highest BCUT2D eigenvalue weighted by Crippen LogP contribution is 2.38. The van der Waals surface area contributed by atoms with E-state index in [0.29, 0.717) is 49.4 Å². The van der Waals surface area contributed by atoms with Gasteiger partial charge in [0.25, 0.3) is 11.6 Å². The van der Waals surface area contributed by atoms with Crippen LogP contribution in [0.25, 0.3) is 17.4 Å². The van der Waals surface area contributed by atoms with E-state index >= 15 is 0 Å². The second kappa shape index (κ2) is 9.15. The summed E-state index contributed by atoms with van der Waals surface area (Å²) in [4.78, 5) is 25.4. The number of nitro groups is 1. The molecule has 0 atom stereocenters. The zero-order valence-electron chi connectivity index (χ0n) is 16.6. The Kier molecular flexibility index (Phi) is 6.31. The number of thioether (sulfide) groups is 1. The number of amides is 1. The van der Waals surface area contributed by atoms with E-state index < -0.39 is 4.92 Å². The zero-order valence-corrected chi connectivity index (χ0v) is 19.0. The maximum absolute atomic E-state index is 13.0. The lowest BCUT2D eigenvalue weighted by atomic mass is 10.1. The van der Waals surface area contributed by atoms with E-state index in [1.807, 2.05) is 6.92 Å². The molecule has 0 unspecified atom stereocenters. The number of hydrogen-bond donors (Lipinski definition) is 0. The lowest BCUT2D eigenvalue weighted by Gasteiger charge is -2.15. The maximum atomic E-state index is 13.0. The molecule has 2 heterocycles. The molecule has 1 amide bonds. The van der Waals surface area contributed by atoms with E-state index in [9.17, 15) is 14.9 Å². The van der Waals surface area contributed by atoms with Gasteiger partial charge < -0.3 is 9.15 Å². The summed E-state index contributed by atoms with van der Waals surface area (Å²) in [5, 5.41) is 11.4. The number of anilines is 1. The lowest BCUT2D eigenvalue weighted by Crippen LogP contribution is -2.27. The monoisotopic (exact) mass is 486 g/mol. The smallest absolute Gasteiger partial charge is 0.270 e. The van der Waals surface area contributed by atoms with E-state index in [1.54, 1.807) is 42.5 Å². The van der Waals surface area contributed by atoms with Crippen molar-refractivity contribution < 1.29 is 18.9 Å². The molecule has 1 aliphatic heterocycles. The molecule has 3 aromatic rings. The Morgan fingerprint density at radius 1 is 1.22 bits per heavy atom.